The van der Waals surface area contributed by atoms with Crippen molar-refractivity contribution in [3.05, 3.63) is 21.6 Å². The Morgan fingerprint density at radius 3 is 2.56 bits per heavy atom. The lowest BCUT2D eigenvalue weighted by molar-refractivity contribution is -0.144. The van der Waals surface area contributed by atoms with Gasteiger partial charge in [0.1, 0.15) is 0 Å². The smallest absolute Gasteiger partial charge is 0.255 e. The van der Waals surface area contributed by atoms with Gasteiger partial charge in [0.2, 0.25) is 0 Å². The fraction of sp³-hybridized carbons (Fsp3) is 0.871. The van der Waals surface area contributed by atoms with Crippen LogP contribution in [0.2, 0.25) is 0 Å². The second-order valence-electron chi connectivity index (χ2n) is 12.6. The molecule has 0 unspecified atom stereocenters. The number of hydrogen-bond acceptors (Lipinski definition) is 7. The van der Waals surface area contributed by atoms with E-state index in [0.717, 1.165) is 87.7 Å². The van der Waals surface area contributed by atoms with Crippen molar-refractivity contribution in [2.75, 3.05) is 46.1 Å². The Bertz CT molecular complexity index is 991. The van der Waals surface area contributed by atoms with Gasteiger partial charge < -0.3 is 24.2 Å². The van der Waals surface area contributed by atoms with Crippen molar-refractivity contribution in [1.82, 2.24) is 4.90 Å². The van der Waals surface area contributed by atoms with Crippen molar-refractivity contribution in [3.63, 3.8) is 0 Å². The van der Waals surface area contributed by atoms with Crippen molar-refractivity contribution >= 4 is 11.8 Å². The zero-order valence-electron chi connectivity index (χ0n) is 24.7. The summed E-state index contributed by atoms with van der Waals surface area (Å²) in [5, 5.41) is 13.1. The van der Waals surface area contributed by atoms with Gasteiger partial charge in [-0.2, -0.15) is 0 Å². The van der Waals surface area contributed by atoms with Gasteiger partial charge in [0.05, 0.1) is 19.3 Å². The molecule has 1 N–H and O–H groups in total. The van der Waals surface area contributed by atoms with Crippen LogP contribution in [0.25, 0.3) is 10.4 Å². The molecule has 3 fully saturated rings. The number of rotatable bonds is 11. The first-order valence-corrected chi connectivity index (χ1v) is 16.2. The molecule has 2 atom stereocenters. The lowest BCUT2D eigenvalue weighted by Crippen LogP contribution is -2.57. The van der Waals surface area contributed by atoms with Gasteiger partial charge in [-0.05, 0) is 81.2 Å². The van der Waals surface area contributed by atoms with Crippen LogP contribution in [0.1, 0.15) is 96.3 Å². The molecule has 228 valence electrons. The second-order valence-corrected chi connectivity index (χ2v) is 12.6. The number of aliphatic imine (C=N–C) groups is 1. The molecule has 0 aromatic carbocycles. The third-order valence-corrected chi connectivity index (χ3v) is 9.92. The predicted molar refractivity (Wildman–Crippen MR) is 157 cm³/mol. The number of hydrogen-bond donors (Lipinski definition) is 1. The van der Waals surface area contributed by atoms with Crippen molar-refractivity contribution < 1.29 is 24.1 Å². The summed E-state index contributed by atoms with van der Waals surface area (Å²) in [6.07, 6.45) is 14.7. The highest BCUT2D eigenvalue weighted by molar-refractivity contribution is 5.95. The van der Waals surface area contributed by atoms with Crippen LogP contribution in [0.4, 0.5) is 0 Å². The average Bonchev–Trinajstić information content (AvgIpc) is 3.41. The lowest BCUT2D eigenvalue weighted by atomic mass is 9.72. The van der Waals surface area contributed by atoms with Gasteiger partial charge in [-0.3, -0.25) is 4.79 Å². The third-order valence-electron chi connectivity index (χ3n) is 9.92. The molecule has 0 bridgehead atoms. The van der Waals surface area contributed by atoms with Crippen LogP contribution >= 0.6 is 0 Å². The lowest BCUT2D eigenvalue weighted by Gasteiger charge is -2.41. The quantitative estimate of drug-likeness (QED) is 0.115. The number of aliphatic hydroxyl groups is 1. The number of azide groups is 1. The predicted octanol–water partition coefficient (Wildman–Crippen LogP) is 5.49. The largest absolute Gasteiger partial charge is 0.470 e. The molecule has 0 radical (unpaired) electrons. The molecule has 5 aliphatic rings. The number of amides is 1. The summed E-state index contributed by atoms with van der Waals surface area (Å²) in [4.78, 5) is 25.2. The molecule has 1 saturated heterocycles. The van der Waals surface area contributed by atoms with Crippen molar-refractivity contribution in [3.8, 4) is 0 Å². The zero-order chi connectivity index (χ0) is 28.5. The average molecular weight is 572 g/mol. The Kier molecular flexibility index (Phi) is 11.0. The molecule has 10 heteroatoms. The van der Waals surface area contributed by atoms with E-state index in [-0.39, 0.29) is 24.5 Å². The molecular formula is C31H49N5O5. The summed E-state index contributed by atoms with van der Waals surface area (Å²) in [5.41, 5.74) is 10.4. The van der Waals surface area contributed by atoms with Crippen LogP contribution in [0, 0.1) is 11.8 Å². The summed E-state index contributed by atoms with van der Waals surface area (Å²) in [5.74, 6) is 1.46. The highest BCUT2D eigenvalue weighted by Gasteiger charge is 2.57. The van der Waals surface area contributed by atoms with E-state index in [2.05, 4.69) is 10.0 Å². The van der Waals surface area contributed by atoms with Crippen LogP contribution < -0.4 is 0 Å². The molecule has 41 heavy (non-hydrogen) atoms. The van der Waals surface area contributed by atoms with E-state index in [1.165, 1.54) is 19.3 Å². The fourth-order valence-electron chi connectivity index (χ4n) is 7.71. The van der Waals surface area contributed by atoms with E-state index in [1.54, 1.807) is 0 Å². The third kappa shape index (κ3) is 7.27. The summed E-state index contributed by atoms with van der Waals surface area (Å²) in [7, 11) is 0. The Morgan fingerprint density at radius 2 is 1.83 bits per heavy atom. The molecule has 2 heterocycles. The summed E-state index contributed by atoms with van der Waals surface area (Å²) >= 11 is 0. The maximum Gasteiger partial charge on any atom is 0.255 e. The normalized spacial score (nSPS) is 31.4. The topological polar surface area (TPSA) is 129 Å². The first-order valence-electron chi connectivity index (χ1n) is 16.2. The second kappa shape index (κ2) is 14.9. The first-order chi connectivity index (χ1) is 20.1. The molecule has 2 saturated carbocycles. The highest BCUT2D eigenvalue weighted by atomic mass is 16.5. The van der Waals surface area contributed by atoms with Crippen LogP contribution in [-0.2, 0) is 19.0 Å². The van der Waals surface area contributed by atoms with Gasteiger partial charge >= 0.3 is 0 Å². The summed E-state index contributed by atoms with van der Waals surface area (Å²) in [6, 6.07) is 0. The zero-order valence-corrected chi connectivity index (χ0v) is 24.7. The monoisotopic (exact) mass is 571 g/mol. The Morgan fingerprint density at radius 1 is 1.07 bits per heavy atom. The number of carbonyl (C=O) groups is 1. The molecule has 3 aliphatic carbocycles. The van der Waals surface area contributed by atoms with Gasteiger partial charge in [0.15, 0.2) is 17.5 Å². The maximum atomic E-state index is 14.7. The number of ether oxygens (including phenoxy) is 3. The van der Waals surface area contributed by atoms with Gasteiger partial charge in [-0.15, -0.1) is 0 Å². The molecule has 0 aromatic heterocycles. The van der Waals surface area contributed by atoms with Crippen molar-refractivity contribution in [1.29, 1.82) is 0 Å². The van der Waals surface area contributed by atoms with E-state index in [0.29, 0.717) is 51.8 Å². The standard InChI is InChI=1S/C31H49N5O5/c32-35-33-22-25-9-4-5-10-27(25)28-31(21-23-7-2-1-3-8-23,30(38)36-15-19-39-20-16-36)34-29(41-28)24-11-13-26(14-12-24)40-18-6-17-37/h23-24,26,28,37H,1-22H2/t24?,26?,28-,31-/m1/s1. The van der Waals surface area contributed by atoms with Gasteiger partial charge in [-0.25, -0.2) is 4.99 Å². The van der Waals surface area contributed by atoms with E-state index in [1.807, 2.05) is 4.90 Å². The van der Waals surface area contributed by atoms with E-state index in [4.69, 9.17) is 29.8 Å². The fourth-order valence-corrected chi connectivity index (χ4v) is 7.71. The number of aliphatic hydroxyl groups excluding tert-OH is 1. The molecule has 2 aliphatic heterocycles. The maximum absolute atomic E-state index is 14.7. The van der Waals surface area contributed by atoms with Gasteiger partial charge in [0.25, 0.3) is 5.91 Å². The minimum Gasteiger partial charge on any atom is -0.470 e. The van der Waals surface area contributed by atoms with Crippen LogP contribution in [0.3, 0.4) is 0 Å². The van der Waals surface area contributed by atoms with E-state index < -0.39 is 11.6 Å². The van der Waals surface area contributed by atoms with Crippen molar-refractivity contribution in [2.45, 2.75) is 114 Å². The van der Waals surface area contributed by atoms with Gasteiger partial charge in [-0.1, -0.05) is 42.8 Å². The van der Waals surface area contributed by atoms with E-state index >= 15 is 0 Å². The molecule has 0 aromatic rings. The summed E-state index contributed by atoms with van der Waals surface area (Å²) in [6.45, 7) is 3.36. The van der Waals surface area contributed by atoms with Gasteiger partial charge in [0, 0.05) is 43.7 Å². The number of carbonyl (C=O) groups excluding carboxylic acids is 1. The number of morpholine rings is 1. The van der Waals surface area contributed by atoms with E-state index in [9.17, 15) is 4.79 Å². The molecule has 0 spiro atoms. The minimum absolute atomic E-state index is 0.0913. The van der Waals surface area contributed by atoms with Crippen LogP contribution in [0.15, 0.2) is 21.3 Å². The highest BCUT2D eigenvalue weighted by Crippen LogP contribution is 2.46. The Labute approximate surface area is 244 Å². The Hall–Kier alpha value is -2.13. The Balaban J connectivity index is 1.48. The van der Waals surface area contributed by atoms with Crippen LogP contribution in [0.5, 0.6) is 0 Å². The van der Waals surface area contributed by atoms with Crippen molar-refractivity contribution in [2.24, 2.45) is 21.9 Å². The number of nitrogens with zero attached hydrogens (tertiary/aromatic N) is 5. The molecular weight excluding hydrogens is 522 g/mol. The molecule has 1 amide bonds. The minimum atomic E-state index is -0.975. The summed E-state index contributed by atoms with van der Waals surface area (Å²) < 4.78 is 18.6. The molecule has 10 nitrogen and oxygen atoms in total. The van der Waals surface area contributed by atoms with Crippen LogP contribution in [-0.4, -0.2) is 85.6 Å². The molecule has 5 rings (SSSR count). The SMILES string of the molecule is [N-]=[N+]=NCC1=C([C@H]2OC(C3CCC(OCCCO)CC3)=N[C@@]2(CC2CCCCC2)C(=O)N2CCOCC2)CCCC1. The first kappa shape index (κ1) is 30.3.